The Kier molecular flexibility index (Phi) is 17.1. The third-order valence-corrected chi connectivity index (χ3v) is 7.34. The molecule has 3 heterocycles. The van der Waals surface area contributed by atoms with Gasteiger partial charge in [0, 0.05) is 41.9 Å². The first-order valence-electron chi connectivity index (χ1n) is 13.3. The molecule has 0 bridgehead atoms. The lowest BCUT2D eigenvalue weighted by atomic mass is 9.91. The fourth-order valence-electron chi connectivity index (χ4n) is 4.48. The second kappa shape index (κ2) is 19.4. The number of carbonyl (C=O) groups excluding carboxylic acids is 1. The zero-order chi connectivity index (χ0) is 31.7. The molecule has 1 unspecified atom stereocenters. The molecule has 14 heteroatoms. The molecule has 42 heavy (non-hydrogen) atoms. The molecule has 0 spiro atoms. The van der Waals surface area contributed by atoms with E-state index in [-0.39, 0.29) is 37.7 Å². The number of rotatable bonds is 9. The van der Waals surface area contributed by atoms with Crippen LogP contribution in [0.15, 0.2) is 46.0 Å². The molecule has 0 aliphatic carbocycles. The van der Waals surface area contributed by atoms with Crippen LogP contribution in [0, 0.1) is 11.7 Å². The van der Waals surface area contributed by atoms with Gasteiger partial charge in [-0.25, -0.2) is 18.2 Å². The van der Waals surface area contributed by atoms with Gasteiger partial charge in [0.15, 0.2) is 10.8 Å². The number of aromatic nitrogens is 1. The summed E-state index contributed by atoms with van der Waals surface area (Å²) in [5.74, 6) is -3.80. The zero-order valence-corrected chi connectivity index (χ0v) is 25.6. The van der Waals surface area contributed by atoms with Gasteiger partial charge in [-0.3, -0.25) is 14.7 Å². The number of ether oxygens (including phenoxy) is 1. The molecule has 1 fully saturated rings. The van der Waals surface area contributed by atoms with Crippen molar-refractivity contribution in [2.75, 3.05) is 40.0 Å². The van der Waals surface area contributed by atoms with Gasteiger partial charge in [0.25, 0.3) is 12.4 Å². The molecule has 0 radical (unpaired) electrons. The molecule has 1 aromatic heterocycles. The number of nitrogens with one attached hydrogen (secondary N) is 1. The van der Waals surface area contributed by atoms with E-state index >= 15 is 0 Å². The average Bonchev–Trinajstić information content (AvgIpc) is 3.52. The van der Waals surface area contributed by atoms with Crippen LogP contribution in [0.25, 0.3) is 0 Å². The van der Waals surface area contributed by atoms with Crippen molar-refractivity contribution in [3.05, 3.63) is 62.5 Å². The van der Waals surface area contributed by atoms with Crippen molar-refractivity contribution >= 4 is 41.5 Å². The van der Waals surface area contributed by atoms with Gasteiger partial charge in [-0.05, 0) is 42.7 Å². The number of aliphatic hydroxyl groups excluding tert-OH is 1. The van der Waals surface area contributed by atoms with E-state index in [4.69, 9.17) is 36.3 Å². The van der Waals surface area contributed by atoms with Gasteiger partial charge in [-0.15, -0.1) is 11.3 Å². The van der Waals surface area contributed by atoms with Crippen LogP contribution in [0.2, 0.25) is 5.02 Å². The number of piperidine rings is 1. The van der Waals surface area contributed by atoms with Crippen LogP contribution in [0.4, 0.5) is 13.2 Å². The first-order chi connectivity index (χ1) is 20.2. The standard InChI is InChI=1S/C24H26ClF3N4O2S.C2H6.CH2O2.CH4O/c1-2-17-20(12-32-7-5-15(13-34-9-8-33)24(27,28)14-32)30-22(23-29-6-10-35-23)31-21(17)18-4-3-16(26)11-19(18)25;1-2;2-1-3;1-2/h3-4,6,8,10-11,15,21H,2,5,7,9,12-14H2,1H3,(H,30,31);1-2H3;1H,(H,2,3);2H,1H3/t15?,21-;;;/m1.../s1. The minimum Gasteiger partial charge on any atom is -0.483 e. The number of hydrogen-bond acceptors (Lipinski definition) is 9. The Morgan fingerprint density at radius 1 is 1.29 bits per heavy atom. The highest BCUT2D eigenvalue weighted by molar-refractivity contribution is 7.11. The van der Waals surface area contributed by atoms with E-state index in [0.29, 0.717) is 35.7 Å². The normalized spacial score (nSPS) is 19.4. The quantitative estimate of drug-likeness (QED) is 0.254. The highest BCUT2D eigenvalue weighted by Crippen LogP contribution is 2.39. The minimum absolute atomic E-state index is 0.146. The monoisotopic (exact) mass is 634 g/mol. The van der Waals surface area contributed by atoms with Crippen molar-refractivity contribution in [3.8, 4) is 0 Å². The molecule has 2 aliphatic rings. The number of carboxylic acid groups (broad SMARTS) is 1. The third-order valence-electron chi connectivity index (χ3n) is 6.23. The fourth-order valence-corrected chi connectivity index (χ4v) is 5.34. The predicted octanol–water partition coefficient (Wildman–Crippen LogP) is 5.20. The highest BCUT2D eigenvalue weighted by Gasteiger charge is 2.45. The molecule has 2 atom stereocenters. The van der Waals surface area contributed by atoms with E-state index in [9.17, 15) is 18.0 Å². The van der Waals surface area contributed by atoms with Crippen LogP contribution in [0.5, 0.6) is 0 Å². The number of amidine groups is 1. The van der Waals surface area contributed by atoms with Crippen LogP contribution in [-0.2, 0) is 14.3 Å². The Hall–Kier alpha value is -2.84. The molecule has 2 aliphatic heterocycles. The van der Waals surface area contributed by atoms with E-state index in [2.05, 4.69) is 10.3 Å². The second-order valence-electron chi connectivity index (χ2n) is 8.63. The molecule has 9 nitrogen and oxygen atoms in total. The van der Waals surface area contributed by atoms with E-state index in [1.165, 1.54) is 23.5 Å². The molecule has 0 saturated carbocycles. The van der Waals surface area contributed by atoms with Gasteiger partial charge in [0.1, 0.15) is 24.8 Å². The summed E-state index contributed by atoms with van der Waals surface area (Å²) in [4.78, 5) is 29.7. The van der Waals surface area contributed by atoms with Crippen LogP contribution in [-0.4, -0.2) is 84.6 Å². The van der Waals surface area contributed by atoms with E-state index in [1.807, 2.05) is 26.2 Å². The number of carbonyl (C=O) groups is 2. The molecular formula is C28H38ClF3N4O5S. The summed E-state index contributed by atoms with van der Waals surface area (Å²) < 4.78 is 48.6. The first-order valence-corrected chi connectivity index (χ1v) is 14.5. The van der Waals surface area contributed by atoms with E-state index < -0.39 is 30.2 Å². The molecule has 3 N–H and O–H groups in total. The van der Waals surface area contributed by atoms with Gasteiger partial charge in [-0.2, -0.15) is 0 Å². The number of nitrogens with zero attached hydrogens (tertiary/aromatic N) is 3. The average molecular weight is 635 g/mol. The van der Waals surface area contributed by atoms with E-state index in [0.717, 1.165) is 18.4 Å². The lowest BCUT2D eigenvalue weighted by molar-refractivity contribution is -0.134. The van der Waals surface area contributed by atoms with Gasteiger partial charge in [-0.1, -0.05) is 38.4 Å². The molecule has 0 amide bonds. The number of hydrogen-bond donors (Lipinski definition) is 3. The van der Waals surface area contributed by atoms with Crippen molar-refractivity contribution in [2.45, 2.75) is 45.6 Å². The maximum absolute atomic E-state index is 14.9. The summed E-state index contributed by atoms with van der Waals surface area (Å²) in [6.07, 6.45) is 3.08. The summed E-state index contributed by atoms with van der Waals surface area (Å²) in [6, 6.07) is 3.72. The number of aliphatic hydroxyl groups is 1. The molecule has 4 rings (SSSR count). The minimum atomic E-state index is -2.95. The summed E-state index contributed by atoms with van der Waals surface area (Å²) in [7, 11) is 1.00. The Balaban J connectivity index is 0.00000116. The van der Waals surface area contributed by atoms with Crippen molar-refractivity contribution in [1.29, 1.82) is 0 Å². The van der Waals surface area contributed by atoms with Gasteiger partial charge in [0.05, 0.1) is 13.2 Å². The Morgan fingerprint density at radius 3 is 2.52 bits per heavy atom. The SMILES string of the molecule is CC.CCC1=C(CN2CCC(COCC=O)C(F)(F)C2)NC(c2nccs2)=N[C@H]1c1ccc(F)cc1Cl.CO.O=CO. The molecular weight excluding hydrogens is 597 g/mol. The van der Waals surface area contributed by atoms with Gasteiger partial charge >= 0.3 is 0 Å². The number of halogens is 4. The van der Waals surface area contributed by atoms with E-state index in [1.54, 1.807) is 17.2 Å². The Labute approximate surface area is 253 Å². The molecule has 2 aromatic rings. The predicted molar refractivity (Wildman–Crippen MR) is 158 cm³/mol. The molecule has 1 saturated heterocycles. The maximum atomic E-state index is 14.9. The number of alkyl halides is 2. The smallest absolute Gasteiger partial charge is 0.290 e. The fraction of sp³-hybridized carbons (Fsp3) is 0.500. The summed E-state index contributed by atoms with van der Waals surface area (Å²) >= 11 is 7.80. The first kappa shape index (κ1) is 37.2. The maximum Gasteiger partial charge on any atom is 0.290 e. The number of aliphatic imine (C=N–C) groups is 1. The molecule has 1 aromatic carbocycles. The summed E-state index contributed by atoms with van der Waals surface area (Å²) in [6.45, 7) is 5.69. The topological polar surface area (TPSA) is 124 Å². The molecule has 234 valence electrons. The van der Waals surface area contributed by atoms with Gasteiger partial charge in [0.2, 0.25) is 0 Å². The number of aldehydes is 1. The Bertz CT molecular complexity index is 1170. The van der Waals surface area contributed by atoms with Crippen LogP contribution in [0.3, 0.4) is 0 Å². The number of thiazole rings is 1. The van der Waals surface area contributed by atoms with Gasteiger partial charge < -0.3 is 25.1 Å². The zero-order valence-electron chi connectivity index (χ0n) is 24.0. The van der Waals surface area contributed by atoms with Crippen molar-refractivity contribution in [3.63, 3.8) is 0 Å². The van der Waals surface area contributed by atoms with Crippen LogP contribution >= 0.6 is 22.9 Å². The van der Waals surface area contributed by atoms with Crippen molar-refractivity contribution < 1.29 is 37.7 Å². The highest BCUT2D eigenvalue weighted by atomic mass is 35.5. The lowest BCUT2D eigenvalue weighted by Gasteiger charge is -2.39. The van der Waals surface area contributed by atoms with Crippen LogP contribution in [0.1, 0.15) is 50.2 Å². The number of likely N-dealkylation sites (tertiary alicyclic amines) is 1. The van der Waals surface area contributed by atoms with Crippen molar-refractivity contribution in [2.24, 2.45) is 10.9 Å². The lowest BCUT2D eigenvalue weighted by Crippen LogP contribution is -2.51. The largest absolute Gasteiger partial charge is 0.483 e. The Morgan fingerprint density at radius 2 is 1.98 bits per heavy atom. The second-order valence-corrected chi connectivity index (χ2v) is 9.93. The number of benzene rings is 1. The summed E-state index contributed by atoms with van der Waals surface area (Å²) in [5, 5.41) is 20.0. The summed E-state index contributed by atoms with van der Waals surface area (Å²) in [5.41, 5.74) is 2.32. The van der Waals surface area contributed by atoms with Crippen LogP contribution < -0.4 is 5.32 Å². The van der Waals surface area contributed by atoms with Crippen molar-refractivity contribution in [1.82, 2.24) is 15.2 Å². The third kappa shape index (κ3) is 10.5.